The molecule has 0 amide bonds. The zero-order chi connectivity index (χ0) is 10.2. The highest BCUT2D eigenvalue weighted by molar-refractivity contribution is 5.32. The van der Waals surface area contributed by atoms with Crippen LogP contribution in [0.5, 0.6) is 5.88 Å². The summed E-state index contributed by atoms with van der Waals surface area (Å²) in [4.78, 5) is 8.15. The van der Waals surface area contributed by atoms with E-state index < -0.39 is 0 Å². The summed E-state index contributed by atoms with van der Waals surface area (Å²) >= 11 is 0. The lowest BCUT2D eigenvalue weighted by molar-refractivity contribution is 0.396. The number of methoxy groups -OCH3 is 1. The van der Waals surface area contributed by atoms with E-state index in [1.165, 1.54) is 0 Å². The first-order chi connectivity index (χ1) is 6.86. The Morgan fingerprint density at radius 3 is 2.93 bits per heavy atom. The van der Waals surface area contributed by atoms with Crippen LogP contribution >= 0.6 is 0 Å². The molecule has 0 aromatic carbocycles. The number of nitrogens with zero attached hydrogens (tertiary/aromatic N) is 2. The van der Waals surface area contributed by atoms with E-state index in [-0.39, 0.29) is 0 Å². The van der Waals surface area contributed by atoms with E-state index in [4.69, 9.17) is 4.74 Å². The van der Waals surface area contributed by atoms with Gasteiger partial charge in [-0.25, -0.2) is 0 Å². The topological polar surface area (TPSA) is 59.1 Å². The number of ether oxygens (including phenoxy) is 1. The molecule has 1 rings (SSSR count). The van der Waals surface area contributed by atoms with Gasteiger partial charge in [-0.3, -0.25) is 4.98 Å². The zero-order valence-electron chi connectivity index (χ0n) is 8.58. The normalized spacial score (nSPS) is 9.86. The summed E-state index contributed by atoms with van der Waals surface area (Å²) in [6.45, 7) is 4.79. The maximum Gasteiger partial charge on any atom is 0.233 e. The molecule has 1 aromatic rings. The molecule has 0 aliphatic carbocycles. The van der Waals surface area contributed by atoms with Gasteiger partial charge >= 0.3 is 0 Å². The van der Waals surface area contributed by atoms with Crippen LogP contribution in [0.3, 0.4) is 0 Å². The number of anilines is 1. The van der Waals surface area contributed by atoms with Gasteiger partial charge in [0.15, 0.2) is 0 Å². The zero-order valence-corrected chi connectivity index (χ0v) is 8.58. The fraction of sp³-hybridized carbons (Fsp3) is 0.556. The first kappa shape index (κ1) is 10.7. The molecule has 0 bridgehead atoms. The molecule has 0 spiro atoms. The Morgan fingerprint density at radius 1 is 1.36 bits per heavy atom. The van der Waals surface area contributed by atoms with Crippen LogP contribution in [0.25, 0.3) is 0 Å². The van der Waals surface area contributed by atoms with Gasteiger partial charge in [-0.05, 0) is 6.54 Å². The van der Waals surface area contributed by atoms with Crippen molar-refractivity contribution in [2.75, 3.05) is 32.1 Å². The maximum atomic E-state index is 4.95. The van der Waals surface area contributed by atoms with E-state index in [2.05, 4.69) is 27.5 Å². The van der Waals surface area contributed by atoms with Crippen LogP contribution in [0, 0.1) is 0 Å². The third-order valence-electron chi connectivity index (χ3n) is 1.68. The Hall–Kier alpha value is -1.36. The van der Waals surface area contributed by atoms with Gasteiger partial charge < -0.3 is 15.4 Å². The molecule has 78 valence electrons. The molecule has 5 nitrogen and oxygen atoms in total. The van der Waals surface area contributed by atoms with Gasteiger partial charge in [0.05, 0.1) is 19.5 Å². The fourth-order valence-electron chi connectivity index (χ4n) is 0.987. The van der Waals surface area contributed by atoms with Crippen LogP contribution in [0.15, 0.2) is 12.4 Å². The van der Waals surface area contributed by atoms with Crippen LogP contribution in [-0.4, -0.2) is 36.7 Å². The molecular formula is C9H16N4O. The molecule has 0 aliphatic heterocycles. The molecule has 0 saturated carbocycles. The number of aromatic nitrogens is 2. The highest BCUT2D eigenvalue weighted by Gasteiger charge is 1.96. The number of nitrogens with one attached hydrogen (secondary N) is 2. The lowest BCUT2D eigenvalue weighted by Gasteiger charge is -2.06. The van der Waals surface area contributed by atoms with Crippen molar-refractivity contribution in [3.05, 3.63) is 12.4 Å². The number of hydrogen-bond acceptors (Lipinski definition) is 5. The number of rotatable bonds is 6. The van der Waals surface area contributed by atoms with Crippen LogP contribution in [0.2, 0.25) is 0 Å². The third-order valence-corrected chi connectivity index (χ3v) is 1.68. The van der Waals surface area contributed by atoms with Crippen molar-refractivity contribution < 1.29 is 4.74 Å². The molecular weight excluding hydrogens is 180 g/mol. The van der Waals surface area contributed by atoms with Gasteiger partial charge in [-0.2, -0.15) is 4.98 Å². The van der Waals surface area contributed by atoms with Crippen LogP contribution in [0.4, 0.5) is 5.82 Å². The van der Waals surface area contributed by atoms with Gasteiger partial charge in [-0.1, -0.05) is 6.92 Å². The summed E-state index contributed by atoms with van der Waals surface area (Å²) in [6.07, 6.45) is 3.25. The van der Waals surface area contributed by atoms with Crippen molar-refractivity contribution in [1.29, 1.82) is 0 Å². The predicted molar refractivity (Wildman–Crippen MR) is 55.6 cm³/mol. The van der Waals surface area contributed by atoms with E-state index in [0.717, 1.165) is 25.5 Å². The Morgan fingerprint density at radius 2 is 2.21 bits per heavy atom. The number of likely N-dealkylation sites (N-methyl/N-ethyl adjacent to an activating group) is 1. The van der Waals surface area contributed by atoms with Crippen LogP contribution < -0.4 is 15.4 Å². The Balaban J connectivity index is 2.34. The maximum absolute atomic E-state index is 4.95. The average Bonchev–Trinajstić information content (AvgIpc) is 2.25. The average molecular weight is 196 g/mol. The van der Waals surface area contributed by atoms with Crippen molar-refractivity contribution >= 4 is 5.82 Å². The lowest BCUT2D eigenvalue weighted by Crippen LogP contribution is -2.21. The van der Waals surface area contributed by atoms with Crippen molar-refractivity contribution in [3.8, 4) is 5.88 Å². The molecule has 0 atom stereocenters. The Kier molecular flexibility index (Phi) is 4.71. The first-order valence-corrected chi connectivity index (χ1v) is 4.67. The second-order valence-corrected chi connectivity index (χ2v) is 2.73. The summed E-state index contributed by atoms with van der Waals surface area (Å²) in [7, 11) is 1.58. The Labute approximate surface area is 83.9 Å². The Bertz CT molecular complexity index is 267. The molecule has 0 unspecified atom stereocenters. The number of hydrogen-bond donors (Lipinski definition) is 2. The van der Waals surface area contributed by atoms with E-state index in [9.17, 15) is 0 Å². The highest BCUT2D eigenvalue weighted by atomic mass is 16.5. The van der Waals surface area contributed by atoms with Gasteiger partial charge in [0.2, 0.25) is 5.88 Å². The molecule has 2 N–H and O–H groups in total. The monoisotopic (exact) mass is 196 g/mol. The van der Waals surface area contributed by atoms with E-state index in [1.54, 1.807) is 19.5 Å². The smallest absolute Gasteiger partial charge is 0.233 e. The van der Waals surface area contributed by atoms with Crippen molar-refractivity contribution in [2.24, 2.45) is 0 Å². The van der Waals surface area contributed by atoms with Gasteiger partial charge in [0.1, 0.15) is 5.82 Å². The second-order valence-electron chi connectivity index (χ2n) is 2.73. The fourth-order valence-corrected chi connectivity index (χ4v) is 0.987. The van der Waals surface area contributed by atoms with Crippen molar-refractivity contribution in [1.82, 2.24) is 15.3 Å². The summed E-state index contributed by atoms with van der Waals surface area (Å²) in [6, 6.07) is 0. The first-order valence-electron chi connectivity index (χ1n) is 4.67. The standard InChI is InChI=1S/C9H16N4O/c1-3-10-4-5-12-8-6-11-7-9(13-8)14-2/h6-7,10H,3-5H2,1-2H3,(H,12,13). The van der Waals surface area contributed by atoms with Gasteiger partial charge in [-0.15, -0.1) is 0 Å². The van der Waals surface area contributed by atoms with Crippen LogP contribution in [0.1, 0.15) is 6.92 Å². The SMILES string of the molecule is CCNCCNc1cncc(OC)n1. The highest BCUT2D eigenvalue weighted by Crippen LogP contribution is 2.06. The summed E-state index contributed by atoms with van der Waals surface area (Å²) in [5.41, 5.74) is 0. The molecule has 0 fully saturated rings. The third kappa shape index (κ3) is 3.57. The van der Waals surface area contributed by atoms with E-state index in [0.29, 0.717) is 5.88 Å². The molecule has 1 aromatic heterocycles. The molecule has 0 saturated heterocycles. The minimum absolute atomic E-state index is 0.526. The predicted octanol–water partition coefficient (Wildman–Crippen LogP) is 0.507. The van der Waals surface area contributed by atoms with Crippen molar-refractivity contribution in [2.45, 2.75) is 6.92 Å². The minimum Gasteiger partial charge on any atom is -0.480 e. The summed E-state index contributed by atoms with van der Waals surface area (Å²) in [5, 5.41) is 6.34. The molecule has 1 heterocycles. The summed E-state index contributed by atoms with van der Waals surface area (Å²) < 4.78 is 4.95. The van der Waals surface area contributed by atoms with E-state index >= 15 is 0 Å². The molecule has 0 aliphatic rings. The molecule has 0 radical (unpaired) electrons. The van der Waals surface area contributed by atoms with Crippen molar-refractivity contribution in [3.63, 3.8) is 0 Å². The lowest BCUT2D eigenvalue weighted by atomic mass is 10.5. The quantitative estimate of drug-likeness (QED) is 0.649. The molecule has 5 heteroatoms. The van der Waals surface area contributed by atoms with Gasteiger partial charge in [0.25, 0.3) is 0 Å². The largest absolute Gasteiger partial charge is 0.480 e. The minimum atomic E-state index is 0.526. The molecule has 14 heavy (non-hydrogen) atoms. The van der Waals surface area contributed by atoms with Crippen LogP contribution in [-0.2, 0) is 0 Å². The summed E-state index contributed by atoms with van der Waals surface area (Å²) in [5.74, 6) is 1.26. The second kappa shape index (κ2) is 6.15. The van der Waals surface area contributed by atoms with E-state index in [1.807, 2.05) is 0 Å². The van der Waals surface area contributed by atoms with Gasteiger partial charge in [0, 0.05) is 13.1 Å².